The number of nitrogens with one attached hydrogen (secondary N) is 1. The fourth-order valence-electron chi connectivity index (χ4n) is 1.63. The second-order valence-electron chi connectivity index (χ2n) is 5.63. The lowest BCUT2D eigenvalue weighted by Gasteiger charge is -2.26. The first kappa shape index (κ1) is 14.6. The van der Waals surface area contributed by atoms with Crippen molar-refractivity contribution in [1.82, 2.24) is 0 Å². The summed E-state index contributed by atoms with van der Waals surface area (Å²) < 4.78 is 1.66. The van der Waals surface area contributed by atoms with Crippen molar-refractivity contribution in [2.45, 2.75) is 34.1 Å². The summed E-state index contributed by atoms with van der Waals surface area (Å²) in [6.07, 6.45) is 1.12. The molecule has 1 aromatic rings. The van der Waals surface area contributed by atoms with Gasteiger partial charge in [0, 0.05) is 21.6 Å². The van der Waals surface area contributed by atoms with Crippen LogP contribution in [0.4, 0.5) is 11.4 Å². The van der Waals surface area contributed by atoms with Gasteiger partial charge in [-0.2, -0.15) is 0 Å². The zero-order valence-electron chi connectivity index (χ0n) is 11.4. The second-order valence-corrected chi connectivity index (χ2v) is 6.45. The summed E-state index contributed by atoms with van der Waals surface area (Å²) in [7, 11) is 2.05. The summed E-state index contributed by atoms with van der Waals surface area (Å²) in [5.41, 5.74) is 2.52. The summed E-state index contributed by atoms with van der Waals surface area (Å²) in [5, 5.41) is 3.43. The third-order valence-electron chi connectivity index (χ3n) is 2.92. The Morgan fingerprint density at radius 1 is 1.24 bits per heavy atom. The van der Waals surface area contributed by atoms with Crippen molar-refractivity contribution in [3.63, 3.8) is 0 Å². The first-order valence-electron chi connectivity index (χ1n) is 6.06. The van der Waals surface area contributed by atoms with E-state index in [1.165, 1.54) is 0 Å². The fourth-order valence-corrected chi connectivity index (χ4v) is 2.25. The molecule has 0 saturated heterocycles. The minimum absolute atomic E-state index is 0. The van der Waals surface area contributed by atoms with E-state index in [2.05, 4.69) is 45.0 Å². The van der Waals surface area contributed by atoms with Crippen LogP contribution in [0.5, 0.6) is 0 Å². The molecule has 0 aliphatic heterocycles. The maximum Gasteiger partial charge on any atom is 0.0834 e. The number of anilines is 2. The maximum atomic E-state index is 5.29. The average molecular weight is 272 g/mol. The molecule has 2 nitrogen and oxygen atoms in total. The zero-order valence-corrected chi connectivity index (χ0v) is 13.0. The minimum atomic E-state index is 0. The molecule has 0 unspecified atom stereocenters. The smallest absolute Gasteiger partial charge is 0.0834 e. The lowest BCUT2D eigenvalue weighted by Crippen LogP contribution is -2.22. The van der Waals surface area contributed by atoms with E-state index in [1.807, 2.05) is 0 Å². The van der Waals surface area contributed by atoms with Crippen LogP contribution in [0.1, 0.15) is 35.5 Å². The van der Waals surface area contributed by atoms with E-state index in [-0.39, 0.29) is 1.43 Å². The summed E-state index contributed by atoms with van der Waals surface area (Å²) >= 11 is 10.6. The van der Waals surface area contributed by atoms with Crippen LogP contribution in [-0.4, -0.2) is 20.1 Å². The zero-order chi connectivity index (χ0) is 13.2. The number of hydrogen-bond acceptors (Lipinski definition) is 4. The average Bonchev–Trinajstić information content (AvgIpc) is 2.25. The Morgan fingerprint density at radius 2 is 1.82 bits per heavy atom. The van der Waals surface area contributed by atoms with Gasteiger partial charge in [0.1, 0.15) is 0 Å². The first-order chi connectivity index (χ1) is 7.78. The van der Waals surface area contributed by atoms with Gasteiger partial charge in [-0.25, -0.2) is 0 Å². The van der Waals surface area contributed by atoms with Crippen molar-refractivity contribution in [1.29, 1.82) is 0 Å². The van der Waals surface area contributed by atoms with Crippen molar-refractivity contribution in [3.8, 4) is 0 Å². The largest absolute Gasteiger partial charge is 0.382 e. The third-order valence-corrected chi connectivity index (χ3v) is 3.85. The first-order valence-corrected chi connectivity index (χ1v) is 6.88. The van der Waals surface area contributed by atoms with E-state index in [0.717, 1.165) is 39.9 Å². The molecule has 1 N–H and O–H groups in total. The molecule has 0 heterocycles. The predicted octanol–water partition coefficient (Wildman–Crippen LogP) is 4.57. The maximum absolute atomic E-state index is 5.29. The molecule has 4 heteroatoms. The summed E-state index contributed by atoms with van der Waals surface area (Å²) in [4.78, 5) is 2.15. The molecule has 17 heavy (non-hydrogen) atoms. The molecular formula is C13H24N2S2. The fraction of sp³-hybridized carbons (Fsp3) is 0.692. The highest BCUT2D eigenvalue weighted by Gasteiger charge is 2.18. The van der Waals surface area contributed by atoms with Gasteiger partial charge in [0.2, 0.25) is 0 Å². The highest BCUT2D eigenvalue weighted by Crippen LogP contribution is 2.35. The van der Waals surface area contributed by atoms with Crippen molar-refractivity contribution in [2.75, 3.05) is 30.4 Å². The number of hydrogen-bond donors (Lipinski definition) is 1. The Balaban J connectivity index is 0.00000289. The van der Waals surface area contributed by atoms with Crippen LogP contribution in [0, 0.1) is 14.4 Å². The molecular weight excluding hydrogens is 248 g/mol. The van der Waals surface area contributed by atoms with Crippen LogP contribution in [0.3, 0.4) is 0 Å². The molecule has 0 aliphatic rings. The standard InChI is InChI=1S/C13H22N2S2.H2/c1-6-15(5)10-9(11(16)12(10)17)14-8-7-13(2,3)4;/h14H,6-8H2,1-5H3;1H. The predicted molar refractivity (Wildman–Crippen MR) is 84.1 cm³/mol. The molecule has 0 spiro atoms. The van der Waals surface area contributed by atoms with Gasteiger partial charge >= 0.3 is 0 Å². The Morgan fingerprint density at radius 3 is 2.29 bits per heavy atom. The molecule has 0 atom stereocenters. The van der Waals surface area contributed by atoms with E-state index < -0.39 is 0 Å². The van der Waals surface area contributed by atoms with E-state index in [1.54, 1.807) is 0 Å². The summed E-state index contributed by atoms with van der Waals surface area (Å²) in [6.45, 7) is 10.7. The van der Waals surface area contributed by atoms with Crippen LogP contribution in [0.2, 0.25) is 0 Å². The van der Waals surface area contributed by atoms with Crippen molar-refractivity contribution in [2.24, 2.45) is 5.41 Å². The Kier molecular flexibility index (Phi) is 4.67. The SMILES string of the molecule is CCN(C)c1c(NCCC(C)(C)C)c(=S)c1=S.[HH]. The van der Waals surface area contributed by atoms with Crippen LogP contribution < -0.4 is 10.2 Å². The van der Waals surface area contributed by atoms with Gasteiger partial charge in [0.15, 0.2) is 0 Å². The lowest BCUT2D eigenvalue weighted by atomic mass is 9.92. The molecule has 0 fully saturated rings. The molecule has 1 aromatic carbocycles. The molecule has 0 saturated carbocycles. The van der Waals surface area contributed by atoms with Crippen molar-refractivity contribution in [3.05, 3.63) is 9.02 Å². The van der Waals surface area contributed by atoms with Crippen LogP contribution in [0.25, 0.3) is 0 Å². The van der Waals surface area contributed by atoms with E-state index in [9.17, 15) is 0 Å². The van der Waals surface area contributed by atoms with Gasteiger partial charge < -0.3 is 10.2 Å². The highest BCUT2D eigenvalue weighted by molar-refractivity contribution is 7.74. The topological polar surface area (TPSA) is 15.3 Å². The lowest BCUT2D eigenvalue weighted by molar-refractivity contribution is 0.390. The normalized spacial score (nSPS) is 11.8. The van der Waals surface area contributed by atoms with E-state index in [4.69, 9.17) is 24.4 Å². The van der Waals surface area contributed by atoms with Gasteiger partial charge in [-0.1, -0.05) is 45.2 Å². The Hall–Kier alpha value is -0.480. The van der Waals surface area contributed by atoms with Gasteiger partial charge in [-0.15, -0.1) is 0 Å². The molecule has 0 bridgehead atoms. The van der Waals surface area contributed by atoms with Crippen molar-refractivity contribution < 1.29 is 1.43 Å². The van der Waals surface area contributed by atoms with Crippen molar-refractivity contribution >= 4 is 35.8 Å². The van der Waals surface area contributed by atoms with Gasteiger partial charge in [-0.3, -0.25) is 0 Å². The number of rotatable bonds is 5. The molecule has 1 rings (SSSR count). The van der Waals surface area contributed by atoms with Gasteiger partial charge in [-0.05, 0) is 18.8 Å². The summed E-state index contributed by atoms with van der Waals surface area (Å²) in [5.74, 6) is 0. The van der Waals surface area contributed by atoms with Gasteiger partial charge in [0.25, 0.3) is 0 Å². The van der Waals surface area contributed by atoms with Crippen LogP contribution >= 0.6 is 24.4 Å². The summed E-state index contributed by atoms with van der Waals surface area (Å²) in [6, 6.07) is 0. The third kappa shape index (κ3) is 3.49. The Labute approximate surface area is 116 Å². The molecule has 98 valence electrons. The number of nitrogens with zero attached hydrogens (tertiary/aromatic N) is 1. The van der Waals surface area contributed by atoms with Gasteiger partial charge in [0.05, 0.1) is 20.4 Å². The van der Waals surface area contributed by atoms with E-state index >= 15 is 0 Å². The molecule has 0 aliphatic carbocycles. The van der Waals surface area contributed by atoms with Crippen LogP contribution in [-0.2, 0) is 0 Å². The molecule has 0 amide bonds. The highest BCUT2D eigenvalue weighted by atomic mass is 32.1. The van der Waals surface area contributed by atoms with E-state index in [0.29, 0.717) is 5.41 Å². The minimum Gasteiger partial charge on any atom is -0.382 e. The quantitative estimate of drug-likeness (QED) is 0.789. The molecule has 0 aromatic heterocycles. The monoisotopic (exact) mass is 272 g/mol. The Bertz CT molecular complexity index is 456. The second kappa shape index (κ2) is 5.44. The van der Waals surface area contributed by atoms with Crippen LogP contribution in [0.15, 0.2) is 0 Å². The molecule has 0 radical (unpaired) electrons.